The monoisotopic (exact) mass is 461 g/mol. The van der Waals surface area contributed by atoms with Crippen LogP contribution in [0, 0.1) is 0 Å². The van der Waals surface area contributed by atoms with E-state index in [0.29, 0.717) is 26.9 Å². The fourth-order valence-electron chi connectivity index (χ4n) is 2.56. The van der Waals surface area contributed by atoms with Crippen LogP contribution in [0.15, 0.2) is 78.5 Å². The van der Waals surface area contributed by atoms with E-state index in [1.165, 1.54) is 24.3 Å². The third-order valence-corrected chi connectivity index (χ3v) is 6.35. The summed E-state index contributed by atoms with van der Waals surface area (Å²) >= 11 is 12.1. The first-order valence-electron chi connectivity index (χ1n) is 8.71. The van der Waals surface area contributed by atoms with Gasteiger partial charge in [-0.1, -0.05) is 35.8 Å². The van der Waals surface area contributed by atoms with Crippen molar-refractivity contribution >= 4 is 50.4 Å². The number of anilines is 1. The Balaban J connectivity index is 1.67. The zero-order valence-electron chi connectivity index (χ0n) is 15.6. The van der Waals surface area contributed by atoms with E-state index in [4.69, 9.17) is 23.2 Å². The van der Waals surface area contributed by atoms with Crippen molar-refractivity contribution in [3.63, 3.8) is 0 Å². The first-order valence-corrected chi connectivity index (χ1v) is 10.9. The highest BCUT2D eigenvalue weighted by Gasteiger charge is 2.16. The molecule has 3 aromatic rings. The van der Waals surface area contributed by atoms with E-state index in [0.717, 1.165) is 0 Å². The Morgan fingerprint density at radius 3 is 2.17 bits per heavy atom. The number of rotatable bonds is 7. The summed E-state index contributed by atoms with van der Waals surface area (Å²) < 4.78 is 27.6. The van der Waals surface area contributed by atoms with Crippen LogP contribution in [0.2, 0.25) is 10.0 Å². The van der Waals surface area contributed by atoms with Crippen molar-refractivity contribution in [3.05, 3.63) is 94.7 Å². The molecule has 2 N–H and O–H groups in total. The van der Waals surface area contributed by atoms with Gasteiger partial charge in [-0.3, -0.25) is 9.78 Å². The SMILES string of the molecule is C=C(C(=O)Nc1ccc(S(=O)(=O)NCc2c(Cl)cccc2Cl)cc1)c1ccncc1. The van der Waals surface area contributed by atoms with E-state index in [1.54, 1.807) is 42.7 Å². The second kappa shape index (κ2) is 9.40. The minimum absolute atomic E-state index is 0.0386. The summed E-state index contributed by atoms with van der Waals surface area (Å²) in [6.07, 6.45) is 3.13. The van der Waals surface area contributed by atoms with Gasteiger partial charge in [0.15, 0.2) is 0 Å². The maximum Gasteiger partial charge on any atom is 0.255 e. The van der Waals surface area contributed by atoms with Crippen molar-refractivity contribution < 1.29 is 13.2 Å². The Bertz CT molecular complexity index is 1160. The van der Waals surface area contributed by atoms with Gasteiger partial charge in [0.1, 0.15) is 0 Å². The molecule has 9 heteroatoms. The molecule has 3 rings (SSSR count). The number of halogens is 2. The molecule has 0 radical (unpaired) electrons. The van der Waals surface area contributed by atoms with Crippen LogP contribution in [0.1, 0.15) is 11.1 Å². The number of benzene rings is 2. The van der Waals surface area contributed by atoms with Gasteiger partial charge >= 0.3 is 0 Å². The Kier molecular flexibility index (Phi) is 6.89. The number of amides is 1. The molecule has 30 heavy (non-hydrogen) atoms. The van der Waals surface area contributed by atoms with E-state index in [9.17, 15) is 13.2 Å². The van der Waals surface area contributed by atoms with Gasteiger partial charge in [0, 0.05) is 45.8 Å². The number of nitrogens with zero attached hydrogens (tertiary/aromatic N) is 1. The molecule has 0 unspecified atom stereocenters. The predicted octanol–water partition coefficient (Wildman–Crippen LogP) is 4.52. The topological polar surface area (TPSA) is 88.2 Å². The maximum absolute atomic E-state index is 12.6. The van der Waals surface area contributed by atoms with Gasteiger partial charge in [-0.2, -0.15) is 0 Å². The summed E-state index contributed by atoms with van der Waals surface area (Å²) in [4.78, 5) is 16.3. The van der Waals surface area contributed by atoms with Crippen LogP contribution in [0.3, 0.4) is 0 Å². The lowest BCUT2D eigenvalue weighted by molar-refractivity contribution is -0.111. The van der Waals surface area contributed by atoms with Crippen LogP contribution < -0.4 is 10.0 Å². The highest BCUT2D eigenvalue weighted by atomic mass is 35.5. The molecule has 6 nitrogen and oxygen atoms in total. The summed E-state index contributed by atoms with van der Waals surface area (Å²) in [7, 11) is -3.80. The van der Waals surface area contributed by atoms with Crippen molar-refractivity contribution in [3.8, 4) is 0 Å². The number of pyridine rings is 1. The molecule has 0 bridgehead atoms. The summed E-state index contributed by atoms with van der Waals surface area (Å²) in [6, 6.07) is 14.1. The molecule has 0 saturated carbocycles. The van der Waals surface area contributed by atoms with Gasteiger partial charge in [-0.25, -0.2) is 13.1 Å². The number of carbonyl (C=O) groups is 1. The summed E-state index contributed by atoms with van der Waals surface area (Å²) in [6.45, 7) is 3.73. The highest BCUT2D eigenvalue weighted by molar-refractivity contribution is 7.89. The number of carbonyl (C=O) groups excluding carboxylic acids is 1. The minimum atomic E-state index is -3.80. The smallest absolute Gasteiger partial charge is 0.255 e. The lowest BCUT2D eigenvalue weighted by atomic mass is 10.1. The van der Waals surface area contributed by atoms with Crippen molar-refractivity contribution in [1.29, 1.82) is 0 Å². The van der Waals surface area contributed by atoms with Crippen LogP contribution in [-0.4, -0.2) is 19.3 Å². The van der Waals surface area contributed by atoms with Crippen LogP contribution >= 0.6 is 23.2 Å². The molecule has 0 aliphatic carbocycles. The normalized spacial score (nSPS) is 11.1. The Morgan fingerprint density at radius 2 is 1.57 bits per heavy atom. The lowest BCUT2D eigenvalue weighted by Crippen LogP contribution is -2.23. The van der Waals surface area contributed by atoms with E-state index in [2.05, 4.69) is 21.6 Å². The molecule has 0 atom stereocenters. The Morgan fingerprint density at radius 1 is 0.967 bits per heavy atom. The molecule has 154 valence electrons. The molecule has 2 aromatic carbocycles. The van der Waals surface area contributed by atoms with Crippen LogP contribution in [0.4, 0.5) is 5.69 Å². The average Bonchev–Trinajstić information content (AvgIpc) is 2.74. The fraction of sp³-hybridized carbons (Fsp3) is 0.0476. The third kappa shape index (κ3) is 5.25. The number of sulfonamides is 1. The molecule has 1 aromatic heterocycles. The Hall–Kier alpha value is -2.71. The van der Waals surface area contributed by atoms with Crippen molar-refractivity contribution in [1.82, 2.24) is 9.71 Å². The third-order valence-electron chi connectivity index (χ3n) is 4.23. The van der Waals surface area contributed by atoms with Gasteiger partial charge in [-0.15, -0.1) is 0 Å². The predicted molar refractivity (Wildman–Crippen MR) is 119 cm³/mol. The highest BCUT2D eigenvalue weighted by Crippen LogP contribution is 2.25. The second-order valence-corrected chi connectivity index (χ2v) is 8.80. The Labute approximate surface area is 184 Å². The fourth-order valence-corrected chi connectivity index (χ4v) is 4.09. The van der Waals surface area contributed by atoms with Crippen LogP contribution in [0.5, 0.6) is 0 Å². The van der Waals surface area contributed by atoms with Gasteiger partial charge in [0.25, 0.3) is 5.91 Å². The van der Waals surface area contributed by atoms with Gasteiger partial charge < -0.3 is 5.32 Å². The second-order valence-electron chi connectivity index (χ2n) is 6.22. The molecule has 0 fully saturated rings. The van der Waals surface area contributed by atoms with Crippen molar-refractivity contribution in [2.45, 2.75) is 11.4 Å². The first-order chi connectivity index (χ1) is 14.3. The van der Waals surface area contributed by atoms with Gasteiger partial charge in [0.2, 0.25) is 10.0 Å². The largest absolute Gasteiger partial charge is 0.322 e. The van der Waals surface area contributed by atoms with E-state index in [1.807, 2.05) is 0 Å². The molecule has 0 aliphatic rings. The molecule has 1 amide bonds. The quantitative estimate of drug-likeness (QED) is 0.506. The van der Waals surface area contributed by atoms with E-state index < -0.39 is 15.9 Å². The number of aromatic nitrogens is 1. The summed E-state index contributed by atoms with van der Waals surface area (Å²) in [5, 5.41) is 3.43. The zero-order chi connectivity index (χ0) is 21.7. The van der Waals surface area contributed by atoms with Crippen LogP contribution in [-0.2, 0) is 21.4 Å². The average molecular weight is 462 g/mol. The molecule has 1 heterocycles. The van der Waals surface area contributed by atoms with Crippen molar-refractivity contribution in [2.75, 3.05) is 5.32 Å². The number of nitrogens with one attached hydrogen (secondary N) is 2. The van der Waals surface area contributed by atoms with Crippen LogP contribution in [0.25, 0.3) is 5.57 Å². The zero-order valence-corrected chi connectivity index (χ0v) is 17.9. The standard InChI is InChI=1S/C21H17Cl2N3O3S/c1-14(15-9-11-24-12-10-15)21(27)26-16-5-7-17(8-6-16)30(28,29)25-13-18-19(22)3-2-4-20(18)23/h2-12,25H,1,13H2,(H,26,27). The summed E-state index contributed by atoms with van der Waals surface area (Å²) in [5.41, 5.74) is 1.84. The van der Waals surface area contributed by atoms with Gasteiger partial charge in [-0.05, 0) is 54.1 Å². The van der Waals surface area contributed by atoms with E-state index in [-0.39, 0.29) is 17.0 Å². The maximum atomic E-state index is 12.6. The molecular weight excluding hydrogens is 445 g/mol. The van der Waals surface area contributed by atoms with E-state index >= 15 is 0 Å². The molecular formula is C21H17Cl2N3O3S. The molecule has 0 spiro atoms. The first kappa shape index (κ1) is 22.0. The lowest BCUT2D eigenvalue weighted by Gasteiger charge is -2.11. The number of hydrogen-bond donors (Lipinski definition) is 2. The van der Waals surface area contributed by atoms with Crippen molar-refractivity contribution in [2.24, 2.45) is 0 Å². The van der Waals surface area contributed by atoms with Gasteiger partial charge in [0.05, 0.1) is 4.90 Å². The number of hydrogen-bond acceptors (Lipinski definition) is 4. The molecule has 0 aliphatic heterocycles. The molecule has 0 saturated heterocycles. The minimum Gasteiger partial charge on any atom is -0.322 e. The summed E-state index contributed by atoms with van der Waals surface area (Å²) in [5.74, 6) is -0.400.